The molecule has 0 spiro atoms. The van der Waals surface area contributed by atoms with E-state index in [-0.39, 0.29) is 18.5 Å². The van der Waals surface area contributed by atoms with E-state index in [1.165, 1.54) is 0 Å². The smallest absolute Gasteiger partial charge is 0.323 e. The molecule has 0 saturated carbocycles. The van der Waals surface area contributed by atoms with Crippen LogP contribution in [0.15, 0.2) is 0 Å². The van der Waals surface area contributed by atoms with E-state index >= 15 is 0 Å². The van der Waals surface area contributed by atoms with Crippen LogP contribution in [0.4, 0.5) is 11.9 Å². The van der Waals surface area contributed by atoms with Crippen LogP contribution in [0.5, 0.6) is 6.01 Å². The van der Waals surface area contributed by atoms with Gasteiger partial charge in [0.2, 0.25) is 17.8 Å². The number of ether oxygens (including phenoxy) is 1. The van der Waals surface area contributed by atoms with Crippen LogP contribution in [0.2, 0.25) is 0 Å². The van der Waals surface area contributed by atoms with Crippen LogP contribution >= 0.6 is 0 Å². The summed E-state index contributed by atoms with van der Waals surface area (Å²) in [6, 6.07) is 0.265. The Kier molecular flexibility index (Phi) is 4.32. The van der Waals surface area contributed by atoms with Gasteiger partial charge in [0.25, 0.3) is 0 Å². The van der Waals surface area contributed by atoms with E-state index in [1.54, 1.807) is 7.05 Å². The Morgan fingerprint density at radius 3 is 3.00 bits per heavy atom. The van der Waals surface area contributed by atoms with Crippen molar-refractivity contribution in [1.29, 1.82) is 0 Å². The van der Waals surface area contributed by atoms with Crippen molar-refractivity contribution in [2.75, 3.05) is 43.5 Å². The molecular weight excluding hydrogens is 248 g/mol. The van der Waals surface area contributed by atoms with Crippen LogP contribution in [-0.4, -0.2) is 54.1 Å². The van der Waals surface area contributed by atoms with E-state index in [9.17, 15) is 4.79 Å². The number of carbonyl (C=O) groups is 1. The van der Waals surface area contributed by atoms with E-state index in [4.69, 9.17) is 4.74 Å². The van der Waals surface area contributed by atoms with E-state index in [1.807, 2.05) is 11.8 Å². The average molecular weight is 266 g/mol. The van der Waals surface area contributed by atoms with Crippen LogP contribution < -0.4 is 20.3 Å². The third-order valence-electron chi connectivity index (χ3n) is 2.64. The number of aromatic nitrogens is 3. The Labute approximate surface area is 111 Å². The van der Waals surface area contributed by atoms with Crippen molar-refractivity contribution < 1.29 is 9.53 Å². The normalized spacial score (nSPS) is 15.7. The monoisotopic (exact) mass is 266 g/mol. The molecule has 0 aliphatic carbocycles. The highest BCUT2D eigenvalue weighted by Crippen LogP contribution is 2.15. The molecule has 2 rings (SSSR count). The van der Waals surface area contributed by atoms with Crippen LogP contribution in [0, 0.1) is 0 Å². The van der Waals surface area contributed by atoms with Gasteiger partial charge in [-0.2, -0.15) is 15.0 Å². The van der Waals surface area contributed by atoms with Crippen LogP contribution in [0.3, 0.4) is 0 Å². The van der Waals surface area contributed by atoms with Crippen molar-refractivity contribution in [3.8, 4) is 6.01 Å². The third-order valence-corrected chi connectivity index (χ3v) is 2.64. The lowest BCUT2D eigenvalue weighted by molar-refractivity contribution is -0.119. The van der Waals surface area contributed by atoms with Gasteiger partial charge in [-0.15, -0.1) is 0 Å². The van der Waals surface area contributed by atoms with Crippen molar-refractivity contribution in [3.63, 3.8) is 0 Å². The molecule has 1 aromatic rings. The van der Waals surface area contributed by atoms with E-state index < -0.39 is 0 Å². The van der Waals surface area contributed by atoms with Gasteiger partial charge in [0.15, 0.2) is 0 Å². The molecule has 104 valence electrons. The fourth-order valence-electron chi connectivity index (χ4n) is 1.77. The molecule has 2 N–H and O–H groups in total. The SMILES string of the molecule is CCOc1nc(NC)nc(N2CCCNC(=O)C2)n1. The van der Waals surface area contributed by atoms with Crippen molar-refractivity contribution in [3.05, 3.63) is 0 Å². The second-order valence-corrected chi connectivity index (χ2v) is 4.05. The van der Waals surface area contributed by atoms with E-state index in [2.05, 4.69) is 25.6 Å². The molecule has 0 atom stereocenters. The summed E-state index contributed by atoms with van der Waals surface area (Å²) in [7, 11) is 1.73. The maximum absolute atomic E-state index is 11.6. The van der Waals surface area contributed by atoms with Gasteiger partial charge < -0.3 is 20.3 Å². The van der Waals surface area contributed by atoms with Gasteiger partial charge in [0, 0.05) is 20.1 Å². The highest BCUT2D eigenvalue weighted by molar-refractivity contribution is 5.81. The molecule has 0 aromatic carbocycles. The first-order valence-corrected chi connectivity index (χ1v) is 6.31. The fraction of sp³-hybridized carbons (Fsp3) is 0.636. The molecule has 2 heterocycles. The van der Waals surface area contributed by atoms with Gasteiger partial charge in [-0.1, -0.05) is 0 Å². The first-order chi connectivity index (χ1) is 9.22. The first kappa shape index (κ1) is 13.3. The van der Waals surface area contributed by atoms with Gasteiger partial charge in [-0.25, -0.2) is 0 Å². The summed E-state index contributed by atoms with van der Waals surface area (Å²) in [5.74, 6) is 0.861. The number of rotatable bonds is 4. The van der Waals surface area contributed by atoms with Crippen LogP contribution in [0.1, 0.15) is 13.3 Å². The summed E-state index contributed by atoms with van der Waals surface area (Å²) in [5.41, 5.74) is 0. The van der Waals surface area contributed by atoms with Crippen LogP contribution in [-0.2, 0) is 4.79 Å². The minimum Gasteiger partial charge on any atom is -0.464 e. The molecule has 1 aromatic heterocycles. The molecule has 1 aliphatic rings. The maximum Gasteiger partial charge on any atom is 0.323 e. The van der Waals surface area contributed by atoms with Gasteiger partial charge in [0.1, 0.15) is 0 Å². The molecule has 1 amide bonds. The standard InChI is InChI=1S/C11H18N6O2/c1-3-19-11-15-9(12-2)14-10(16-11)17-6-4-5-13-8(18)7-17/h3-7H2,1-2H3,(H,13,18)(H,12,14,15,16). The zero-order valence-corrected chi connectivity index (χ0v) is 11.1. The van der Waals surface area contributed by atoms with Crippen molar-refractivity contribution in [2.24, 2.45) is 0 Å². The Morgan fingerprint density at radius 2 is 2.26 bits per heavy atom. The lowest BCUT2D eigenvalue weighted by Crippen LogP contribution is -2.34. The van der Waals surface area contributed by atoms with E-state index in [0.717, 1.165) is 13.0 Å². The molecule has 1 saturated heterocycles. The molecule has 19 heavy (non-hydrogen) atoms. The molecule has 8 nitrogen and oxygen atoms in total. The first-order valence-electron chi connectivity index (χ1n) is 6.31. The summed E-state index contributed by atoms with van der Waals surface area (Å²) in [6.07, 6.45) is 0.857. The quantitative estimate of drug-likeness (QED) is 0.768. The zero-order valence-electron chi connectivity index (χ0n) is 11.1. The van der Waals surface area contributed by atoms with Crippen molar-refractivity contribution in [1.82, 2.24) is 20.3 Å². The molecule has 0 unspecified atom stereocenters. The molecule has 0 radical (unpaired) electrons. The summed E-state index contributed by atoms with van der Waals surface area (Å²) < 4.78 is 5.31. The molecule has 0 bridgehead atoms. The predicted molar refractivity (Wildman–Crippen MR) is 70.4 cm³/mol. The third kappa shape index (κ3) is 3.43. The second kappa shape index (κ2) is 6.17. The maximum atomic E-state index is 11.6. The lowest BCUT2D eigenvalue weighted by atomic mass is 10.4. The number of nitrogens with zero attached hydrogens (tertiary/aromatic N) is 4. The number of amides is 1. The van der Waals surface area contributed by atoms with Gasteiger partial charge >= 0.3 is 6.01 Å². The summed E-state index contributed by atoms with van der Waals surface area (Å²) >= 11 is 0. The Balaban J connectivity index is 2.25. The Morgan fingerprint density at radius 1 is 1.42 bits per heavy atom. The minimum atomic E-state index is -0.0260. The number of anilines is 2. The van der Waals surface area contributed by atoms with Gasteiger partial charge in [-0.3, -0.25) is 4.79 Å². The molecule has 8 heteroatoms. The molecule has 1 aliphatic heterocycles. The summed E-state index contributed by atoms with van der Waals surface area (Å²) in [5, 5.41) is 5.68. The number of hydrogen-bond donors (Lipinski definition) is 2. The van der Waals surface area contributed by atoms with Gasteiger partial charge in [0.05, 0.1) is 13.2 Å². The highest BCUT2D eigenvalue weighted by Gasteiger charge is 2.19. The Hall–Kier alpha value is -2.12. The van der Waals surface area contributed by atoms with E-state index in [0.29, 0.717) is 25.0 Å². The lowest BCUT2D eigenvalue weighted by Gasteiger charge is -2.19. The summed E-state index contributed by atoms with van der Waals surface area (Å²) in [6.45, 7) is 3.99. The average Bonchev–Trinajstić information content (AvgIpc) is 2.63. The topological polar surface area (TPSA) is 92.3 Å². The van der Waals surface area contributed by atoms with Crippen molar-refractivity contribution in [2.45, 2.75) is 13.3 Å². The number of hydrogen-bond acceptors (Lipinski definition) is 7. The largest absolute Gasteiger partial charge is 0.464 e. The van der Waals surface area contributed by atoms with Gasteiger partial charge in [-0.05, 0) is 13.3 Å². The summed E-state index contributed by atoms with van der Waals surface area (Å²) in [4.78, 5) is 26.0. The molecular formula is C11H18N6O2. The highest BCUT2D eigenvalue weighted by atomic mass is 16.5. The molecule has 1 fully saturated rings. The minimum absolute atomic E-state index is 0.0260. The Bertz CT molecular complexity index is 453. The van der Waals surface area contributed by atoms with Crippen LogP contribution in [0.25, 0.3) is 0 Å². The fourth-order valence-corrected chi connectivity index (χ4v) is 1.77. The van der Waals surface area contributed by atoms with Crippen molar-refractivity contribution >= 4 is 17.8 Å². The zero-order chi connectivity index (χ0) is 13.7. The number of nitrogens with one attached hydrogen (secondary N) is 2. The second-order valence-electron chi connectivity index (χ2n) is 4.05. The number of carbonyl (C=O) groups excluding carboxylic acids is 1. The predicted octanol–water partition coefficient (Wildman–Crippen LogP) is -0.362.